The highest BCUT2D eigenvalue weighted by atomic mass is 19.1. The number of nitrogens with zero attached hydrogens (tertiary/aromatic N) is 1. The number of methoxy groups -OCH3 is 1. The fourth-order valence-corrected chi connectivity index (χ4v) is 2.20. The monoisotopic (exact) mass is 254 g/mol. The molecular weight excluding hydrogens is 231 g/mol. The van der Waals surface area contributed by atoms with E-state index in [1.807, 2.05) is 6.92 Å². The lowest BCUT2D eigenvalue weighted by molar-refractivity contribution is 0.182. The molecule has 0 aliphatic rings. The van der Waals surface area contributed by atoms with E-state index in [0.29, 0.717) is 6.61 Å². The molecule has 0 heterocycles. The Kier molecular flexibility index (Phi) is 5.56. The average Bonchev–Trinajstić information content (AvgIpc) is 2.32. The Balaban J connectivity index is 3.12. The molecule has 0 bridgehead atoms. The van der Waals surface area contributed by atoms with Gasteiger partial charge in [0.05, 0.1) is 6.61 Å². The summed E-state index contributed by atoms with van der Waals surface area (Å²) < 4.78 is 18.5. The van der Waals surface area contributed by atoms with Crippen molar-refractivity contribution < 1.29 is 9.13 Å². The summed E-state index contributed by atoms with van der Waals surface area (Å²) in [7, 11) is 1.68. The summed E-state index contributed by atoms with van der Waals surface area (Å²) >= 11 is 0. The van der Waals surface area contributed by atoms with E-state index in [-0.39, 0.29) is 17.9 Å². The summed E-state index contributed by atoms with van der Waals surface area (Å²) in [5.74, 6) is -0.249. The van der Waals surface area contributed by atoms with E-state index in [1.165, 1.54) is 12.1 Å². The number of likely N-dealkylation sites (N-methyl/N-ethyl adjacent to an activating group) is 1. The first-order valence-electron chi connectivity index (χ1n) is 6.31. The minimum Gasteiger partial charge on any atom is -0.383 e. The van der Waals surface area contributed by atoms with E-state index >= 15 is 0 Å². The van der Waals surface area contributed by atoms with Gasteiger partial charge < -0.3 is 15.4 Å². The lowest BCUT2D eigenvalue weighted by atomic mass is 10.0. The molecule has 2 atom stereocenters. The largest absolute Gasteiger partial charge is 0.383 e. The molecule has 2 N–H and O–H groups in total. The highest BCUT2D eigenvalue weighted by Gasteiger charge is 2.18. The van der Waals surface area contributed by atoms with Crippen LogP contribution in [0.4, 0.5) is 10.1 Å². The van der Waals surface area contributed by atoms with Crippen LogP contribution < -0.4 is 10.6 Å². The van der Waals surface area contributed by atoms with Crippen LogP contribution in [0.5, 0.6) is 0 Å². The van der Waals surface area contributed by atoms with Gasteiger partial charge in [-0.25, -0.2) is 4.39 Å². The van der Waals surface area contributed by atoms with E-state index in [1.54, 1.807) is 13.2 Å². The van der Waals surface area contributed by atoms with Crippen LogP contribution in [0.3, 0.4) is 0 Å². The first-order chi connectivity index (χ1) is 8.51. The van der Waals surface area contributed by atoms with Crippen LogP contribution in [0.25, 0.3) is 0 Å². The number of hydrogen-bond acceptors (Lipinski definition) is 3. The maximum Gasteiger partial charge on any atom is 0.123 e. The van der Waals surface area contributed by atoms with Gasteiger partial charge in [0, 0.05) is 31.4 Å². The van der Waals surface area contributed by atoms with Crippen LogP contribution >= 0.6 is 0 Å². The lowest BCUT2D eigenvalue weighted by Crippen LogP contribution is -2.37. The van der Waals surface area contributed by atoms with Crippen molar-refractivity contribution in [2.24, 2.45) is 5.73 Å². The third-order valence-electron chi connectivity index (χ3n) is 3.07. The Labute approximate surface area is 109 Å². The standard InChI is InChI=1S/C14H23FN2O/c1-5-17(10(2)9-18-4)14-7-6-12(15)8-13(14)11(3)16/h6-8,10-11H,5,9,16H2,1-4H3. The number of halogens is 1. The predicted octanol–water partition coefficient (Wildman–Crippen LogP) is 2.71. The Morgan fingerprint density at radius 3 is 2.56 bits per heavy atom. The van der Waals surface area contributed by atoms with Crippen molar-refractivity contribution in [2.75, 3.05) is 25.2 Å². The molecule has 102 valence electrons. The third kappa shape index (κ3) is 3.43. The van der Waals surface area contributed by atoms with E-state index in [0.717, 1.165) is 17.8 Å². The zero-order chi connectivity index (χ0) is 13.7. The molecule has 0 saturated heterocycles. The van der Waals surface area contributed by atoms with Crippen molar-refractivity contribution in [1.82, 2.24) is 0 Å². The predicted molar refractivity (Wildman–Crippen MR) is 73.4 cm³/mol. The van der Waals surface area contributed by atoms with Crippen molar-refractivity contribution in [2.45, 2.75) is 32.9 Å². The van der Waals surface area contributed by atoms with Gasteiger partial charge in [0.25, 0.3) is 0 Å². The maximum absolute atomic E-state index is 13.3. The summed E-state index contributed by atoms with van der Waals surface area (Å²) in [6.07, 6.45) is 0. The molecule has 0 fully saturated rings. The number of ether oxygens (including phenoxy) is 1. The molecule has 0 amide bonds. The van der Waals surface area contributed by atoms with Gasteiger partial charge in [-0.05, 0) is 44.5 Å². The van der Waals surface area contributed by atoms with Gasteiger partial charge >= 0.3 is 0 Å². The van der Waals surface area contributed by atoms with Crippen molar-refractivity contribution in [3.63, 3.8) is 0 Å². The van der Waals surface area contributed by atoms with Gasteiger partial charge in [-0.15, -0.1) is 0 Å². The normalized spacial score (nSPS) is 14.3. The summed E-state index contributed by atoms with van der Waals surface area (Å²) in [5, 5.41) is 0. The SMILES string of the molecule is CCN(c1ccc(F)cc1C(C)N)C(C)COC. The van der Waals surface area contributed by atoms with Gasteiger partial charge in [0.1, 0.15) is 5.82 Å². The second-order valence-electron chi connectivity index (χ2n) is 4.58. The highest BCUT2D eigenvalue weighted by Crippen LogP contribution is 2.27. The Morgan fingerprint density at radius 1 is 1.39 bits per heavy atom. The Bertz CT molecular complexity index is 382. The van der Waals surface area contributed by atoms with Crippen LogP contribution in [0.1, 0.15) is 32.4 Å². The van der Waals surface area contributed by atoms with Crippen molar-refractivity contribution in [3.05, 3.63) is 29.6 Å². The van der Waals surface area contributed by atoms with E-state index in [9.17, 15) is 4.39 Å². The highest BCUT2D eigenvalue weighted by molar-refractivity contribution is 5.55. The molecule has 0 spiro atoms. The molecule has 0 aromatic heterocycles. The quantitative estimate of drug-likeness (QED) is 0.848. The summed E-state index contributed by atoms with van der Waals surface area (Å²) in [4.78, 5) is 2.18. The van der Waals surface area contributed by atoms with Crippen LogP contribution in [-0.2, 0) is 4.74 Å². The number of rotatable bonds is 6. The topological polar surface area (TPSA) is 38.5 Å². The summed E-state index contributed by atoms with van der Waals surface area (Å²) in [6, 6.07) is 4.82. The Hall–Kier alpha value is -1.13. The molecule has 18 heavy (non-hydrogen) atoms. The molecule has 0 aliphatic heterocycles. The summed E-state index contributed by atoms with van der Waals surface area (Å²) in [6.45, 7) is 7.48. The van der Waals surface area contributed by atoms with Crippen molar-refractivity contribution in [1.29, 1.82) is 0 Å². The van der Waals surface area contributed by atoms with Crippen molar-refractivity contribution in [3.8, 4) is 0 Å². The van der Waals surface area contributed by atoms with E-state index < -0.39 is 0 Å². The number of benzene rings is 1. The van der Waals surface area contributed by atoms with Crippen LogP contribution in [0.15, 0.2) is 18.2 Å². The minimum atomic E-state index is -0.249. The van der Waals surface area contributed by atoms with Crippen LogP contribution in [0.2, 0.25) is 0 Å². The number of nitrogens with two attached hydrogens (primary N) is 1. The van der Waals surface area contributed by atoms with Gasteiger partial charge in [0.15, 0.2) is 0 Å². The fraction of sp³-hybridized carbons (Fsp3) is 0.571. The smallest absolute Gasteiger partial charge is 0.123 e. The molecule has 0 aliphatic carbocycles. The first-order valence-corrected chi connectivity index (χ1v) is 6.31. The zero-order valence-corrected chi connectivity index (χ0v) is 11.6. The zero-order valence-electron chi connectivity index (χ0n) is 11.6. The second-order valence-corrected chi connectivity index (χ2v) is 4.58. The molecule has 1 rings (SSSR count). The minimum absolute atomic E-state index is 0.195. The van der Waals surface area contributed by atoms with Crippen LogP contribution in [0, 0.1) is 5.82 Å². The van der Waals surface area contributed by atoms with Crippen LogP contribution in [-0.4, -0.2) is 26.3 Å². The van der Waals surface area contributed by atoms with Crippen molar-refractivity contribution >= 4 is 5.69 Å². The molecule has 1 aromatic rings. The molecule has 4 heteroatoms. The summed E-state index contributed by atoms with van der Waals surface area (Å²) in [5.41, 5.74) is 7.74. The third-order valence-corrected chi connectivity index (χ3v) is 3.07. The first kappa shape index (κ1) is 14.9. The number of anilines is 1. The molecule has 0 saturated carbocycles. The Morgan fingerprint density at radius 2 is 2.06 bits per heavy atom. The average molecular weight is 254 g/mol. The van der Waals surface area contributed by atoms with Gasteiger partial charge in [-0.2, -0.15) is 0 Å². The molecule has 2 unspecified atom stereocenters. The van der Waals surface area contributed by atoms with Gasteiger partial charge in [0.2, 0.25) is 0 Å². The van der Waals surface area contributed by atoms with Gasteiger partial charge in [-0.3, -0.25) is 0 Å². The molecule has 3 nitrogen and oxygen atoms in total. The number of hydrogen-bond donors (Lipinski definition) is 1. The molecule has 0 radical (unpaired) electrons. The molecule has 1 aromatic carbocycles. The van der Waals surface area contributed by atoms with E-state index in [2.05, 4.69) is 18.7 Å². The van der Waals surface area contributed by atoms with Gasteiger partial charge in [-0.1, -0.05) is 0 Å². The van der Waals surface area contributed by atoms with E-state index in [4.69, 9.17) is 10.5 Å². The fourth-order valence-electron chi connectivity index (χ4n) is 2.20. The molecular formula is C14H23FN2O. The second kappa shape index (κ2) is 6.71. The maximum atomic E-state index is 13.3. The lowest BCUT2D eigenvalue weighted by Gasteiger charge is -2.32.